The molecule has 1 aromatic carbocycles. The molecule has 0 radical (unpaired) electrons. The van der Waals surface area contributed by atoms with Crippen molar-refractivity contribution in [2.24, 2.45) is 0 Å². The fourth-order valence-corrected chi connectivity index (χ4v) is 3.24. The average molecular weight is 272 g/mol. The summed E-state index contributed by atoms with van der Waals surface area (Å²) in [5, 5.41) is 6.07. The summed E-state index contributed by atoms with van der Waals surface area (Å²) in [6.07, 6.45) is 4.57. The second kappa shape index (κ2) is 5.53. The lowest BCUT2D eigenvalue weighted by Crippen LogP contribution is -2.30. The Morgan fingerprint density at radius 2 is 2.32 bits per heavy atom. The van der Waals surface area contributed by atoms with Crippen LogP contribution >= 0.6 is 11.3 Å². The van der Waals surface area contributed by atoms with Crippen molar-refractivity contribution in [2.45, 2.75) is 25.2 Å². The molecule has 0 unspecified atom stereocenters. The predicted octanol–water partition coefficient (Wildman–Crippen LogP) is 2.53. The maximum atomic E-state index is 12.2. The molecule has 3 nitrogen and oxygen atoms in total. The van der Waals surface area contributed by atoms with Crippen LogP contribution in [0.25, 0.3) is 0 Å². The molecular formula is C15H16N2OS. The molecule has 98 valence electrons. The van der Waals surface area contributed by atoms with Crippen LogP contribution in [0.3, 0.4) is 0 Å². The maximum absolute atomic E-state index is 12.2. The van der Waals surface area contributed by atoms with Crippen LogP contribution in [0.15, 0.2) is 35.8 Å². The van der Waals surface area contributed by atoms with Crippen LogP contribution in [0.4, 0.5) is 0 Å². The van der Waals surface area contributed by atoms with Gasteiger partial charge in [-0.25, -0.2) is 4.98 Å². The average Bonchev–Trinajstić information content (AvgIpc) is 3.07. The largest absolute Gasteiger partial charge is 0.355 e. The highest BCUT2D eigenvalue weighted by molar-refractivity contribution is 7.09. The first-order valence-corrected chi connectivity index (χ1v) is 7.46. The number of amides is 1. The van der Waals surface area contributed by atoms with Gasteiger partial charge in [-0.05, 0) is 24.0 Å². The van der Waals surface area contributed by atoms with Gasteiger partial charge in [-0.2, -0.15) is 0 Å². The summed E-state index contributed by atoms with van der Waals surface area (Å²) in [5.41, 5.74) is 2.52. The van der Waals surface area contributed by atoms with Gasteiger partial charge in [0.1, 0.15) is 0 Å². The van der Waals surface area contributed by atoms with Crippen molar-refractivity contribution >= 4 is 17.2 Å². The van der Waals surface area contributed by atoms with Gasteiger partial charge in [0.15, 0.2) is 0 Å². The number of thiazole rings is 1. The molecule has 1 atom stereocenters. The predicted molar refractivity (Wildman–Crippen MR) is 76.3 cm³/mol. The van der Waals surface area contributed by atoms with Gasteiger partial charge in [0, 0.05) is 24.5 Å². The molecule has 1 aliphatic carbocycles. The molecule has 3 rings (SSSR count). The maximum Gasteiger partial charge on any atom is 0.227 e. The molecule has 1 aromatic heterocycles. The first-order valence-electron chi connectivity index (χ1n) is 6.58. The van der Waals surface area contributed by atoms with Crippen LogP contribution in [0.2, 0.25) is 0 Å². The minimum Gasteiger partial charge on any atom is -0.355 e. The van der Waals surface area contributed by atoms with Gasteiger partial charge in [-0.3, -0.25) is 4.79 Å². The summed E-state index contributed by atoms with van der Waals surface area (Å²) in [6, 6.07) is 8.26. The molecule has 0 saturated heterocycles. The summed E-state index contributed by atoms with van der Waals surface area (Å²) in [5.74, 6) is 0.189. The van der Waals surface area contributed by atoms with E-state index in [9.17, 15) is 4.79 Å². The third-order valence-electron chi connectivity index (χ3n) is 3.57. The Labute approximate surface area is 116 Å². The second-order valence-electron chi connectivity index (χ2n) is 4.76. The van der Waals surface area contributed by atoms with E-state index in [0.29, 0.717) is 6.54 Å². The minimum absolute atomic E-state index is 0.0347. The standard InChI is InChI=1S/C15H16N2OS/c18-15(17-8-7-14-16-9-10-19-14)13-6-5-11-3-1-2-4-12(11)13/h1-4,9-10,13H,5-8H2,(H,17,18)/t13-/m1/s1. The van der Waals surface area contributed by atoms with Crippen LogP contribution in [0.1, 0.15) is 28.5 Å². The molecule has 0 fully saturated rings. The quantitative estimate of drug-likeness (QED) is 0.929. The first-order chi connectivity index (χ1) is 9.34. The van der Waals surface area contributed by atoms with E-state index in [4.69, 9.17) is 0 Å². The normalized spacial score (nSPS) is 17.2. The van der Waals surface area contributed by atoms with E-state index in [1.54, 1.807) is 17.5 Å². The van der Waals surface area contributed by atoms with Crippen molar-refractivity contribution in [1.82, 2.24) is 10.3 Å². The monoisotopic (exact) mass is 272 g/mol. The van der Waals surface area contributed by atoms with Crippen LogP contribution in [0, 0.1) is 0 Å². The zero-order valence-electron chi connectivity index (χ0n) is 10.6. The molecule has 1 aliphatic rings. The number of carbonyl (C=O) groups is 1. The fourth-order valence-electron chi connectivity index (χ4n) is 2.62. The molecule has 2 aromatic rings. The number of fused-ring (bicyclic) bond motifs is 1. The van der Waals surface area contributed by atoms with E-state index in [1.165, 1.54) is 11.1 Å². The third-order valence-corrected chi connectivity index (χ3v) is 4.41. The molecule has 19 heavy (non-hydrogen) atoms. The Kier molecular flexibility index (Phi) is 3.60. The number of hydrogen-bond donors (Lipinski definition) is 1. The van der Waals surface area contributed by atoms with Gasteiger partial charge in [0.25, 0.3) is 0 Å². The number of nitrogens with one attached hydrogen (secondary N) is 1. The lowest BCUT2D eigenvalue weighted by atomic mass is 10.0. The fraction of sp³-hybridized carbons (Fsp3) is 0.333. The van der Waals surface area contributed by atoms with E-state index in [0.717, 1.165) is 24.3 Å². The van der Waals surface area contributed by atoms with E-state index in [1.807, 2.05) is 17.5 Å². The summed E-state index contributed by atoms with van der Waals surface area (Å²) >= 11 is 1.63. The zero-order chi connectivity index (χ0) is 13.1. The zero-order valence-corrected chi connectivity index (χ0v) is 11.5. The van der Waals surface area contributed by atoms with E-state index >= 15 is 0 Å². The van der Waals surface area contributed by atoms with Crippen LogP contribution in [-0.4, -0.2) is 17.4 Å². The van der Waals surface area contributed by atoms with Gasteiger partial charge in [0.05, 0.1) is 10.9 Å². The van der Waals surface area contributed by atoms with Crippen molar-refractivity contribution in [3.63, 3.8) is 0 Å². The molecule has 1 N–H and O–H groups in total. The smallest absolute Gasteiger partial charge is 0.227 e. The van der Waals surface area contributed by atoms with Crippen molar-refractivity contribution in [2.75, 3.05) is 6.54 Å². The van der Waals surface area contributed by atoms with Gasteiger partial charge in [0.2, 0.25) is 5.91 Å². The lowest BCUT2D eigenvalue weighted by Gasteiger charge is -2.11. The van der Waals surface area contributed by atoms with Crippen molar-refractivity contribution in [3.05, 3.63) is 52.0 Å². The van der Waals surface area contributed by atoms with Crippen LogP contribution < -0.4 is 5.32 Å². The van der Waals surface area contributed by atoms with E-state index in [2.05, 4.69) is 22.4 Å². The van der Waals surface area contributed by atoms with E-state index in [-0.39, 0.29) is 11.8 Å². The van der Waals surface area contributed by atoms with Crippen molar-refractivity contribution in [1.29, 1.82) is 0 Å². The first kappa shape index (κ1) is 12.4. The van der Waals surface area contributed by atoms with Crippen molar-refractivity contribution in [3.8, 4) is 0 Å². The molecule has 0 saturated carbocycles. The molecule has 1 amide bonds. The Morgan fingerprint density at radius 1 is 1.42 bits per heavy atom. The molecule has 4 heteroatoms. The Bertz CT molecular complexity index is 565. The van der Waals surface area contributed by atoms with Gasteiger partial charge < -0.3 is 5.32 Å². The Morgan fingerprint density at radius 3 is 3.16 bits per heavy atom. The summed E-state index contributed by atoms with van der Waals surface area (Å²) in [6.45, 7) is 0.672. The number of carbonyl (C=O) groups excluding carboxylic acids is 1. The SMILES string of the molecule is O=C(NCCc1nccs1)[C@@H]1CCc2ccccc21. The number of nitrogens with zero attached hydrogens (tertiary/aromatic N) is 1. The van der Waals surface area contributed by atoms with Crippen LogP contribution in [-0.2, 0) is 17.6 Å². The molecule has 0 bridgehead atoms. The van der Waals surface area contributed by atoms with E-state index < -0.39 is 0 Å². The number of rotatable bonds is 4. The number of aryl methyl sites for hydroxylation is 1. The van der Waals surface area contributed by atoms with Gasteiger partial charge in [-0.1, -0.05) is 24.3 Å². The number of hydrogen-bond acceptors (Lipinski definition) is 3. The molecule has 0 aliphatic heterocycles. The summed E-state index contributed by atoms with van der Waals surface area (Å²) < 4.78 is 0. The molecule has 0 spiro atoms. The topological polar surface area (TPSA) is 42.0 Å². The number of aromatic nitrogens is 1. The van der Waals surface area contributed by atoms with Gasteiger partial charge >= 0.3 is 0 Å². The Balaban J connectivity index is 1.57. The van der Waals surface area contributed by atoms with Gasteiger partial charge in [-0.15, -0.1) is 11.3 Å². The lowest BCUT2D eigenvalue weighted by molar-refractivity contribution is -0.122. The minimum atomic E-state index is 0.0347. The third kappa shape index (κ3) is 2.68. The second-order valence-corrected chi connectivity index (χ2v) is 5.74. The number of benzene rings is 1. The highest BCUT2D eigenvalue weighted by Crippen LogP contribution is 2.32. The summed E-state index contributed by atoms with van der Waals surface area (Å²) in [4.78, 5) is 16.4. The highest BCUT2D eigenvalue weighted by Gasteiger charge is 2.27. The summed E-state index contributed by atoms with van der Waals surface area (Å²) in [7, 11) is 0. The molecule has 1 heterocycles. The molecular weight excluding hydrogens is 256 g/mol. The highest BCUT2D eigenvalue weighted by atomic mass is 32.1. The Hall–Kier alpha value is -1.68. The van der Waals surface area contributed by atoms with Crippen LogP contribution in [0.5, 0.6) is 0 Å². The van der Waals surface area contributed by atoms with Crippen molar-refractivity contribution < 1.29 is 4.79 Å².